The molecule has 1 amide bonds. The normalized spacial score (nSPS) is 13.3. The van der Waals surface area contributed by atoms with E-state index in [9.17, 15) is 20.1 Å². The number of hydrogen-bond donors (Lipinski definition) is 4. The van der Waals surface area contributed by atoms with Gasteiger partial charge in [0.05, 0.1) is 18.8 Å². The van der Waals surface area contributed by atoms with E-state index in [1.807, 2.05) is 0 Å². The Balaban J connectivity index is 3.43. The number of carbonyl (C=O) groups is 1. The third-order valence-electron chi connectivity index (χ3n) is 13.4. The van der Waals surface area contributed by atoms with E-state index in [1.165, 1.54) is 250 Å². The van der Waals surface area contributed by atoms with Crippen LogP contribution in [-0.2, 0) is 4.79 Å². The van der Waals surface area contributed by atoms with Gasteiger partial charge in [-0.25, -0.2) is 0 Å². The van der Waals surface area contributed by atoms with Crippen molar-refractivity contribution in [3.05, 3.63) is 12.2 Å². The molecule has 0 aliphatic heterocycles. The zero-order valence-electron chi connectivity index (χ0n) is 41.6. The highest BCUT2D eigenvalue weighted by Crippen LogP contribution is 2.18. The van der Waals surface area contributed by atoms with Crippen molar-refractivity contribution in [2.45, 2.75) is 334 Å². The Kier molecular flexibility index (Phi) is 51.0. The third-order valence-corrected chi connectivity index (χ3v) is 13.4. The van der Waals surface area contributed by atoms with Crippen molar-refractivity contribution in [1.82, 2.24) is 5.32 Å². The molecule has 5 nitrogen and oxygen atoms in total. The van der Waals surface area contributed by atoms with Gasteiger partial charge in [0.15, 0.2) is 0 Å². The molecule has 364 valence electrons. The van der Waals surface area contributed by atoms with E-state index in [-0.39, 0.29) is 12.5 Å². The Labute approximate surface area is 382 Å². The predicted octanol–water partition coefficient (Wildman–Crippen LogP) is 17.1. The van der Waals surface area contributed by atoms with Crippen LogP contribution in [-0.4, -0.2) is 46.1 Å². The lowest BCUT2D eigenvalue weighted by Gasteiger charge is -2.26. The van der Waals surface area contributed by atoms with Crippen LogP contribution in [0.25, 0.3) is 0 Å². The molecule has 0 aromatic heterocycles. The lowest BCUT2D eigenvalue weighted by atomic mass is 9.99. The van der Waals surface area contributed by atoms with Crippen molar-refractivity contribution in [3.8, 4) is 0 Å². The molecule has 0 fully saturated rings. The van der Waals surface area contributed by atoms with Crippen molar-refractivity contribution in [2.24, 2.45) is 0 Å². The van der Waals surface area contributed by atoms with Gasteiger partial charge in [-0.3, -0.25) is 4.79 Å². The smallest absolute Gasteiger partial charge is 0.220 e. The Hall–Kier alpha value is -0.910. The minimum atomic E-state index is -1.13. The molecule has 0 aromatic carbocycles. The van der Waals surface area contributed by atoms with Crippen LogP contribution in [0.1, 0.15) is 316 Å². The first-order valence-electron chi connectivity index (χ1n) is 28.0. The number of unbranched alkanes of at least 4 members (excludes halogenated alkanes) is 42. The second-order valence-electron chi connectivity index (χ2n) is 19.5. The zero-order chi connectivity index (χ0) is 44.4. The molecule has 3 unspecified atom stereocenters. The summed E-state index contributed by atoms with van der Waals surface area (Å²) in [6.45, 7) is 4.20. The molecule has 3 atom stereocenters. The van der Waals surface area contributed by atoms with Crippen molar-refractivity contribution >= 4 is 5.91 Å². The van der Waals surface area contributed by atoms with Crippen LogP contribution < -0.4 is 5.32 Å². The molecule has 4 N–H and O–H groups in total. The second-order valence-corrected chi connectivity index (χ2v) is 19.5. The van der Waals surface area contributed by atoms with Crippen LogP contribution in [0, 0.1) is 0 Å². The summed E-state index contributed by atoms with van der Waals surface area (Å²) in [6, 6.07) is -0.805. The van der Waals surface area contributed by atoms with E-state index < -0.39 is 18.2 Å². The molecule has 0 aliphatic rings. The van der Waals surface area contributed by atoms with Crippen LogP contribution in [0.3, 0.4) is 0 Å². The van der Waals surface area contributed by atoms with Crippen molar-refractivity contribution in [2.75, 3.05) is 6.61 Å². The average Bonchev–Trinajstić information content (AvgIpc) is 3.26. The van der Waals surface area contributed by atoms with Gasteiger partial charge >= 0.3 is 0 Å². The molecule has 5 heteroatoms. The monoisotopic (exact) mass is 862 g/mol. The molecule has 0 heterocycles. The first-order chi connectivity index (χ1) is 30.1. The molecule has 0 aliphatic carbocycles. The summed E-state index contributed by atoms with van der Waals surface area (Å²) in [5, 5.41) is 33.6. The molecule has 0 bridgehead atoms. The van der Waals surface area contributed by atoms with Crippen LogP contribution in [0.2, 0.25) is 0 Å². The van der Waals surface area contributed by atoms with E-state index in [1.54, 1.807) is 0 Å². The van der Waals surface area contributed by atoms with Gasteiger partial charge in [0.2, 0.25) is 5.91 Å². The highest BCUT2D eigenvalue weighted by Gasteiger charge is 2.26. The molecule has 0 saturated carbocycles. The van der Waals surface area contributed by atoms with Gasteiger partial charge in [-0.05, 0) is 38.5 Å². The first kappa shape index (κ1) is 60.1. The minimum absolute atomic E-state index is 0.139. The van der Waals surface area contributed by atoms with Gasteiger partial charge in [0.1, 0.15) is 6.10 Å². The highest BCUT2D eigenvalue weighted by molar-refractivity contribution is 5.76. The number of aliphatic hydroxyl groups is 3. The largest absolute Gasteiger partial charge is 0.394 e. The number of carbonyl (C=O) groups excluding carboxylic acids is 1. The molecule has 0 aromatic rings. The summed E-state index contributed by atoms with van der Waals surface area (Å²) in [4.78, 5) is 12.5. The zero-order valence-corrected chi connectivity index (χ0v) is 41.6. The van der Waals surface area contributed by atoms with Gasteiger partial charge < -0.3 is 20.6 Å². The standard InChI is InChI=1S/C56H111NO4/c1-3-5-7-9-11-13-15-17-18-19-20-21-22-23-24-25-26-27-28-29-30-31-32-33-34-35-36-37-38-39-41-43-45-47-49-51-55(60)57-53(52-58)56(61)54(59)50-48-46-44-42-40-16-14-12-10-8-6-4-2/h25-26,53-54,56,58-59,61H,3-24,27-52H2,1-2H3,(H,57,60)/b26-25-. The second kappa shape index (κ2) is 51.7. The maximum atomic E-state index is 12.5. The number of allylic oxidation sites excluding steroid dienone is 2. The van der Waals surface area contributed by atoms with Gasteiger partial charge in [0, 0.05) is 6.42 Å². The van der Waals surface area contributed by atoms with Gasteiger partial charge in [0.25, 0.3) is 0 Å². The van der Waals surface area contributed by atoms with Crippen molar-refractivity contribution < 1.29 is 20.1 Å². The van der Waals surface area contributed by atoms with Crippen molar-refractivity contribution in [3.63, 3.8) is 0 Å². The number of hydrogen-bond acceptors (Lipinski definition) is 4. The fourth-order valence-corrected chi connectivity index (χ4v) is 9.04. The Morgan fingerprint density at radius 1 is 0.393 bits per heavy atom. The molecular weight excluding hydrogens is 751 g/mol. The van der Waals surface area contributed by atoms with E-state index >= 15 is 0 Å². The molecule has 61 heavy (non-hydrogen) atoms. The SMILES string of the molecule is CCCCCCCCCCCCCCCC/C=C\CCCCCCCCCCCCCCCCCCCC(=O)NC(CO)C(O)C(O)CCCCCCCCCCCCCC. The van der Waals surface area contributed by atoms with E-state index in [0.29, 0.717) is 12.8 Å². The summed E-state index contributed by atoms with van der Waals surface area (Å²) in [6.07, 6.45) is 63.8. The third kappa shape index (κ3) is 46.9. The lowest BCUT2D eigenvalue weighted by Crippen LogP contribution is -2.50. The fourth-order valence-electron chi connectivity index (χ4n) is 9.04. The highest BCUT2D eigenvalue weighted by atomic mass is 16.3. The van der Waals surface area contributed by atoms with Gasteiger partial charge in [-0.2, -0.15) is 0 Å². The average molecular weight is 863 g/mol. The van der Waals surface area contributed by atoms with Crippen LogP contribution in [0.15, 0.2) is 12.2 Å². The lowest BCUT2D eigenvalue weighted by molar-refractivity contribution is -0.124. The maximum absolute atomic E-state index is 12.5. The Morgan fingerprint density at radius 2 is 0.656 bits per heavy atom. The number of amides is 1. The van der Waals surface area contributed by atoms with E-state index in [0.717, 1.165) is 38.5 Å². The van der Waals surface area contributed by atoms with E-state index in [4.69, 9.17) is 0 Å². The first-order valence-corrected chi connectivity index (χ1v) is 28.0. The molecule has 0 radical (unpaired) electrons. The van der Waals surface area contributed by atoms with E-state index in [2.05, 4.69) is 31.3 Å². The molecule has 0 spiro atoms. The number of aliphatic hydroxyl groups excluding tert-OH is 3. The number of nitrogens with one attached hydrogen (secondary N) is 1. The molecule has 0 saturated heterocycles. The number of rotatable bonds is 52. The quantitative estimate of drug-likeness (QED) is 0.0362. The summed E-state index contributed by atoms with van der Waals surface area (Å²) in [5.41, 5.74) is 0. The molecule has 0 rings (SSSR count). The maximum Gasteiger partial charge on any atom is 0.220 e. The summed E-state index contributed by atoms with van der Waals surface area (Å²) in [7, 11) is 0. The topological polar surface area (TPSA) is 89.8 Å². The van der Waals surface area contributed by atoms with Gasteiger partial charge in [-0.1, -0.05) is 283 Å². The van der Waals surface area contributed by atoms with Crippen LogP contribution >= 0.6 is 0 Å². The van der Waals surface area contributed by atoms with Gasteiger partial charge in [-0.15, -0.1) is 0 Å². The van der Waals surface area contributed by atoms with Crippen molar-refractivity contribution in [1.29, 1.82) is 0 Å². The summed E-state index contributed by atoms with van der Waals surface area (Å²) >= 11 is 0. The van der Waals surface area contributed by atoms with Crippen LogP contribution in [0.4, 0.5) is 0 Å². The summed E-state index contributed by atoms with van der Waals surface area (Å²) < 4.78 is 0. The Bertz CT molecular complexity index is 864. The predicted molar refractivity (Wildman–Crippen MR) is 269 cm³/mol. The Morgan fingerprint density at radius 3 is 0.951 bits per heavy atom. The minimum Gasteiger partial charge on any atom is -0.394 e. The van der Waals surface area contributed by atoms with Crippen LogP contribution in [0.5, 0.6) is 0 Å². The summed E-state index contributed by atoms with van der Waals surface area (Å²) in [5.74, 6) is -0.139. The molecular formula is C56H111NO4. The fraction of sp³-hybridized carbons (Fsp3) is 0.946.